The van der Waals surface area contributed by atoms with Crippen molar-refractivity contribution in [2.45, 2.75) is 70.3 Å². The molecule has 1 aliphatic rings. The Hall–Kier alpha value is -4.32. The number of hydrogen-bond acceptors (Lipinski definition) is 2. The summed E-state index contributed by atoms with van der Waals surface area (Å²) in [6.45, 7) is 2.22. The molecule has 0 radical (unpaired) electrons. The molecular formula is C37H32F7NO. The van der Waals surface area contributed by atoms with Crippen LogP contribution in [0.25, 0.3) is 22.3 Å². The van der Waals surface area contributed by atoms with Gasteiger partial charge in [0.1, 0.15) is 52.0 Å². The third-order valence-electron chi connectivity index (χ3n) is 8.76. The average Bonchev–Trinajstić information content (AvgIpc) is 3.01. The van der Waals surface area contributed by atoms with Gasteiger partial charge >= 0.3 is 6.11 Å². The highest BCUT2D eigenvalue weighted by Crippen LogP contribution is 2.40. The molecule has 0 unspecified atom stereocenters. The second-order valence-corrected chi connectivity index (χ2v) is 11.8. The van der Waals surface area contributed by atoms with E-state index in [1.165, 1.54) is 62.3 Å². The normalized spacial score (nSPS) is 16.7. The van der Waals surface area contributed by atoms with Crippen LogP contribution < -0.4 is 4.74 Å². The van der Waals surface area contributed by atoms with Gasteiger partial charge in [-0.05, 0) is 78.0 Å². The predicted octanol–water partition coefficient (Wildman–Crippen LogP) is 11.6. The molecule has 240 valence electrons. The zero-order valence-electron chi connectivity index (χ0n) is 25.2. The van der Waals surface area contributed by atoms with Gasteiger partial charge in [0.25, 0.3) is 0 Å². The number of benzene rings is 4. The van der Waals surface area contributed by atoms with Crippen molar-refractivity contribution >= 4 is 0 Å². The van der Waals surface area contributed by atoms with Crippen LogP contribution in [0.3, 0.4) is 0 Å². The maximum absolute atomic E-state index is 15.3. The predicted molar refractivity (Wildman–Crippen MR) is 162 cm³/mol. The second-order valence-electron chi connectivity index (χ2n) is 11.8. The van der Waals surface area contributed by atoms with Gasteiger partial charge in [0.15, 0.2) is 0 Å². The lowest BCUT2D eigenvalue weighted by atomic mass is 9.77. The van der Waals surface area contributed by atoms with Crippen LogP contribution in [0.5, 0.6) is 5.75 Å². The van der Waals surface area contributed by atoms with Gasteiger partial charge in [-0.3, -0.25) is 0 Å². The van der Waals surface area contributed by atoms with Crippen molar-refractivity contribution in [3.63, 3.8) is 0 Å². The molecule has 0 N–H and O–H groups in total. The number of nitrogens with zero attached hydrogens (tertiary/aromatic N) is 1. The van der Waals surface area contributed by atoms with Crippen molar-refractivity contribution in [1.82, 2.24) is 0 Å². The first-order valence-electron chi connectivity index (χ1n) is 15.4. The van der Waals surface area contributed by atoms with Gasteiger partial charge in [-0.1, -0.05) is 69.0 Å². The summed E-state index contributed by atoms with van der Waals surface area (Å²) in [5.74, 6) is -7.12. The van der Waals surface area contributed by atoms with Crippen molar-refractivity contribution in [3.05, 3.63) is 113 Å². The number of hydrogen-bond donors (Lipinski definition) is 0. The smallest absolute Gasteiger partial charge is 0.429 e. The monoisotopic (exact) mass is 639 g/mol. The van der Waals surface area contributed by atoms with Crippen LogP contribution in [-0.2, 0) is 6.11 Å². The molecule has 2 nitrogen and oxygen atoms in total. The van der Waals surface area contributed by atoms with E-state index in [1.54, 1.807) is 6.07 Å². The molecule has 9 heteroatoms. The molecule has 4 aromatic carbocycles. The van der Waals surface area contributed by atoms with Crippen LogP contribution >= 0.6 is 0 Å². The fourth-order valence-electron chi connectivity index (χ4n) is 6.27. The number of rotatable bonds is 10. The van der Waals surface area contributed by atoms with Crippen molar-refractivity contribution in [1.29, 1.82) is 5.26 Å². The third-order valence-corrected chi connectivity index (χ3v) is 8.76. The Morgan fingerprint density at radius 1 is 0.717 bits per heavy atom. The Morgan fingerprint density at radius 3 is 1.87 bits per heavy atom. The fraction of sp³-hybridized carbons (Fsp3) is 0.324. The summed E-state index contributed by atoms with van der Waals surface area (Å²) in [4.78, 5) is 0. The summed E-state index contributed by atoms with van der Waals surface area (Å²) in [6, 6.07) is 14.9. The van der Waals surface area contributed by atoms with Crippen LogP contribution in [0.4, 0.5) is 30.7 Å². The third kappa shape index (κ3) is 7.22. The van der Waals surface area contributed by atoms with Crippen molar-refractivity contribution in [3.8, 4) is 34.1 Å². The van der Waals surface area contributed by atoms with Gasteiger partial charge in [-0.2, -0.15) is 14.0 Å². The number of unbranched alkanes of at least 4 members (excludes halogenated alkanes) is 2. The molecule has 46 heavy (non-hydrogen) atoms. The summed E-state index contributed by atoms with van der Waals surface area (Å²) < 4.78 is 107. The molecule has 1 saturated carbocycles. The quantitative estimate of drug-likeness (QED) is 0.128. The van der Waals surface area contributed by atoms with Gasteiger partial charge < -0.3 is 4.74 Å². The highest BCUT2D eigenvalue weighted by molar-refractivity contribution is 5.71. The molecule has 4 aromatic rings. The molecule has 5 rings (SSSR count). The molecular weight excluding hydrogens is 607 g/mol. The minimum atomic E-state index is -4.71. The molecule has 0 atom stereocenters. The first kappa shape index (κ1) is 33.1. The Labute approximate surface area is 263 Å². The molecule has 0 aromatic heterocycles. The van der Waals surface area contributed by atoms with E-state index in [4.69, 9.17) is 5.26 Å². The zero-order chi connectivity index (χ0) is 33.0. The summed E-state index contributed by atoms with van der Waals surface area (Å²) in [5.41, 5.74) is -0.893. The van der Waals surface area contributed by atoms with E-state index >= 15 is 4.39 Å². The SMILES string of the molecule is CCCCCC1CCC(c2ccc(-c3ccc(-c4cc(F)c(C(F)(F)Oc5cc(F)c(C#N)c(F)c5)c(F)c4)c(F)c3)cc2)CC1. The Kier molecular flexibility index (Phi) is 10.0. The molecule has 0 spiro atoms. The lowest BCUT2D eigenvalue weighted by Gasteiger charge is -2.29. The molecule has 0 aliphatic heterocycles. The van der Waals surface area contributed by atoms with E-state index in [-0.39, 0.29) is 11.1 Å². The van der Waals surface area contributed by atoms with Crippen molar-refractivity contribution in [2.75, 3.05) is 0 Å². The van der Waals surface area contributed by atoms with E-state index < -0.39 is 52.1 Å². The molecule has 0 bridgehead atoms. The van der Waals surface area contributed by atoms with Gasteiger partial charge in [-0.25, -0.2) is 22.0 Å². The molecule has 0 heterocycles. The Balaban J connectivity index is 1.30. The Bertz CT molecular complexity index is 1690. The highest BCUT2D eigenvalue weighted by Gasteiger charge is 2.41. The largest absolute Gasteiger partial charge is 0.432 e. The maximum Gasteiger partial charge on any atom is 0.432 e. The van der Waals surface area contributed by atoms with E-state index in [0.717, 1.165) is 24.3 Å². The fourth-order valence-corrected chi connectivity index (χ4v) is 6.27. The lowest BCUT2D eigenvalue weighted by molar-refractivity contribution is -0.189. The molecule has 1 aliphatic carbocycles. The number of ether oxygens (including phenoxy) is 1. The van der Waals surface area contributed by atoms with Gasteiger partial charge in [0.05, 0.1) is 0 Å². The number of alkyl halides is 2. The minimum Gasteiger partial charge on any atom is -0.429 e. The van der Waals surface area contributed by atoms with Crippen LogP contribution in [0.2, 0.25) is 0 Å². The molecule has 0 amide bonds. The maximum atomic E-state index is 15.3. The summed E-state index contributed by atoms with van der Waals surface area (Å²) >= 11 is 0. The topological polar surface area (TPSA) is 33.0 Å². The van der Waals surface area contributed by atoms with Gasteiger partial charge in [-0.15, -0.1) is 0 Å². The van der Waals surface area contributed by atoms with Crippen LogP contribution in [0, 0.1) is 46.3 Å². The van der Waals surface area contributed by atoms with E-state index in [2.05, 4.69) is 23.8 Å². The Morgan fingerprint density at radius 2 is 1.30 bits per heavy atom. The second kappa shape index (κ2) is 14.0. The summed E-state index contributed by atoms with van der Waals surface area (Å²) in [7, 11) is 0. The summed E-state index contributed by atoms with van der Waals surface area (Å²) in [5, 5.41) is 8.73. The van der Waals surface area contributed by atoms with E-state index in [9.17, 15) is 26.3 Å². The van der Waals surface area contributed by atoms with Crippen molar-refractivity contribution in [2.24, 2.45) is 5.92 Å². The van der Waals surface area contributed by atoms with Gasteiger partial charge in [0, 0.05) is 17.7 Å². The molecule has 0 saturated heterocycles. The minimum absolute atomic E-state index is 0.221. The number of nitriles is 1. The molecule has 1 fully saturated rings. The highest BCUT2D eigenvalue weighted by atomic mass is 19.3. The van der Waals surface area contributed by atoms with Gasteiger partial charge in [0.2, 0.25) is 0 Å². The average molecular weight is 640 g/mol. The van der Waals surface area contributed by atoms with Crippen LogP contribution in [0.15, 0.2) is 66.7 Å². The van der Waals surface area contributed by atoms with E-state index in [1.807, 2.05) is 12.1 Å². The van der Waals surface area contributed by atoms with E-state index in [0.29, 0.717) is 35.7 Å². The standard InChI is InChI=1S/C37H32F7NO/c1-2-3-4-5-22-6-8-23(9-7-22)24-10-12-25(13-11-24)26-14-15-29(31(38)16-26)27-17-34(41)36(35(42)18-27)37(43,44)46-28-19-32(39)30(21-45)33(40)20-28/h10-20,22-23H,2-9H2,1H3. The first-order valence-corrected chi connectivity index (χ1v) is 15.4. The van der Waals surface area contributed by atoms with Crippen LogP contribution in [-0.4, -0.2) is 0 Å². The van der Waals surface area contributed by atoms with Crippen LogP contribution in [0.1, 0.15) is 80.9 Å². The van der Waals surface area contributed by atoms with Crippen molar-refractivity contribution < 1.29 is 35.5 Å². The zero-order valence-corrected chi connectivity index (χ0v) is 25.2. The first-order chi connectivity index (χ1) is 22.0. The lowest BCUT2D eigenvalue weighted by Crippen LogP contribution is -2.25. The summed E-state index contributed by atoms with van der Waals surface area (Å²) in [6.07, 6.45) is 5.16. The number of halogens is 7.